The van der Waals surface area contributed by atoms with E-state index in [1.165, 1.54) is 0 Å². The minimum absolute atomic E-state index is 0.00621. The molecule has 0 spiro atoms. The molecule has 24 heavy (non-hydrogen) atoms. The highest BCUT2D eigenvalue weighted by atomic mass is 16.5. The van der Waals surface area contributed by atoms with E-state index >= 15 is 0 Å². The summed E-state index contributed by atoms with van der Waals surface area (Å²) in [6.07, 6.45) is 3.43. The lowest BCUT2D eigenvalue weighted by atomic mass is 10.2. The fourth-order valence-electron chi connectivity index (χ4n) is 2.47. The van der Waals surface area contributed by atoms with E-state index in [9.17, 15) is 4.79 Å². The highest BCUT2D eigenvalue weighted by Gasteiger charge is 2.22. The maximum Gasteiger partial charge on any atom is 0.260 e. The Balaban J connectivity index is 1.47. The average molecular weight is 323 g/mol. The number of nitrogens with zero attached hydrogens (tertiary/aromatic N) is 5. The van der Waals surface area contributed by atoms with Crippen LogP contribution in [0.4, 0.5) is 5.95 Å². The standard InChI is InChI=1S/C17H17N5O2/c18-12-14-2-4-15(5-3-14)24-13-16(23)21-8-10-22(11-9-21)17-19-6-1-7-20-17/h1-7H,8-11,13H2. The molecule has 122 valence electrons. The predicted octanol–water partition coefficient (Wildman–Crippen LogP) is 1.08. The lowest BCUT2D eigenvalue weighted by Gasteiger charge is -2.34. The summed E-state index contributed by atoms with van der Waals surface area (Å²) in [5.74, 6) is 1.23. The van der Waals surface area contributed by atoms with E-state index in [1.54, 1.807) is 47.6 Å². The van der Waals surface area contributed by atoms with Crippen LogP contribution in [0.3, 0.4) is 0 Å². The zero-order chi connectivity index (χ0) is 16.8. The Morgan fingerprint density at radius 3 is 2.42 bits per heavy atom. The van der Waals surface area contributed by atoms with Crippen molar-refractivity contribution in [2.24, 2.45) is 0 Å². The molecule has 0 saturated carbocycles. The van der Waals surface area contributed by atoms with Gasteiger partial charge in [-0.15, -0.1) is 0 Å². The number of carbonyl (C=O) groups is 1. The summed E-state index contributed by atoms with van der Waals surface area (Å²) in [4.78, 5) is 24.5. The van der Waals surface area contributed by atoms with Gasteiger partial charge in [0.15, 0.2) is 6.61 Å². The van der Waals surface area contributed by atoms with Crippen LogP contribution in [0.1, 0.15) is 5.56 Å². The minimum Gasteiger partial charge on any atom is -0.484 e. The Kier molecular flexibility index (Phi) is 4.87. The minimum atomic E-state index is -0.0482. The summed E-state index contributed by atoms with van der Waals surface area (Å²) in [6, 6.07) is 10.5. The smallest absolute Gasteiger partial charge is 0.260 e. The average Bonchev–Trinajstić information content (AvgIpc) is 2.67. The molecule has 1 saturated heterocycles. The highest BCUT2D eigenvalue weighted by Crippen LogP contribution is 2.13. The Hall–Kier alpha value is -3.14. The maximum atomic E-state index is 12.2. The molecule has 1 aliphatic heterocycles. The predicted molar refractivity (Wildman–Crippen MR) is 87.5 cm³/mol. The molecule has 0 unspecified atom stereocenters. The van der Waals surface area contributed by atoms with Crippen LogP contribution in [-0.2, 0) is 4.79 Å². The molecule has 2 heterocycles. The van der Waals surface area contributed by atoms with Crippen molar-refractivity contribution in [1.82, 2.24) is 14.9 Å². The third kappa shape index (κ3) is 3.79. The molecular weight excluding hydrogens is 306 g/mol. The second-order valence-electron chi connectivity index (χ2n) is 5.34. The molecule has 1 fully saturated rings. The number of piperazine rings is 1. The number of aromatic nitrogens is 2. The Labute approximate surface area is 140 Å². The van der Waals surface area contributed by atoms with Crippen molar-refractivity contribution in [3.8, 4) is 11.8 Å². The van der Waals surface area contributed by atoms with Crippen LogP contribution in [0.2, 0.25) is 0 Å². The Morgan fingerprint density at radius 1 is 1.12 bits per heavy atom. The molecule has 0 bridgehead atoms. The van der Waals surface area contributed by atoms with Crippen LogP contribution in [0.25, 0.3) is 0 Å². The molecule has 0 radical (unpaired) electrons. The van der Waals surface area contributed by atoms with Gasteiger partial charge in [-0.1, -0.05) is 0 Å². The van der Waals surface area contributed by atoms with Gasteiger partial charge in [0.1, 0.15) is 5.75 Å². The second-order valence-corrected chi connectivity index (χ2v) is 5.34. The van der Waals surface area contributed by atoms with E-state index < -0.39 is 0 Å². The van der Waals surface area contributed by atoms with E-state index in [-0.39, 0.29) is 12.5 Å². The first-order valence-electron chi connectivity index (χ1n) is 7.69. The van der Waals surface area contributed by atoms with Crippen LogP contribution in [0.15, 0.2) is 42.7 Å². The normalized spacial score (nSPS) is 14.1. The van der Waals surface area contributed by atoms with Crippen LogP contribution >= 0.6 is 0 Å². The first kappa shape index (κ1) is 15.7. The van der Waals surface area contributed by atoms with Crippen molar-refractivity contribution in [2.75, 3.05) is 37.7 Å². The number of rotatable bonds is 4. The molecule has 1 amide bonds. The molecule has 2 aromatic rings. The molecule has 7 nitrogen and oxygen atoms in total. The van der Waals surface area contributed by atoms with Crippen molar-refractivity contribution in [2.45, 2.75) is 0 Å². The number of anilines is 1. The van der Waals surface area contributed by atoms with Crippen molar-refractivity contribution in [3.63, 3.8) is 0 Å². The summed E-state index contributed by atoms with van der Waals surface area (Å²) >= 11 is 0. The summed E-state index contributed by atoms with van der Waals surface area (Å²) in [7, 11) is 0. The van der Waals surface area contributed by atoms with Gasteiger partial charge in [-0.05, 0) is 30.3 Å². The van der Waals surface area contributed by atoms with Crippen molar-refractivity contribution in [3.05, 3.63) is 48.3 Å². The molecular formula is C17H17N5O2. The van der Waals surface area contributed by atoms with Crippen molar-refractivity contribution >= 4 is 11.9 Å². The maximum absolute atomic E-state index is 12.2. The molecule has 7 heteroatoms. The van der Waals surface area contributed by atoms with E-state index in [4.69, 9.17) is 10.00 Å². The number of nitriles is 1. The monoisotopic (exact) mass is 323 g/mol. The summed E-state index contributed by atoms with van der Waals surface area (Å²) in [6.45, 7) is 2.63. The van der Waals surface area contributed by atoms with Gasteiger partial charge in [0.25, 0.3) is 5.91 Å². The lowest BCUT2D eigenvalue weighted by Crippen LogP contribution is -2.50. The zero-order valence-corrected chi connectivity index (χ0v) is 13.1. The first-order valence-corrected chi connectivity index (χ1v) is 7.69. The largest absolute Gasteiger partial charge is 0.484 e. The van der Waals surface area contributed by atoms with Gasteiger partial charge in [-0.2, -0.15) is 5.26 Å². The third-order valence-electron chi connectivity index (χ3n) is 3.81. The first-order chi connectivity index (χ1) is 11.8. The van der Waals surface area contributed by atoms with Gasteiger partial charge in [-0.25, -0.2) is 9.97 Å². The number of benzene rings is 1. The Morgan fingerprint density at radius 2 is 1.79 bits per heavy atom. The molecule has 0 N–H and O–H groups in total. The molecule has 3 rings (SSSR count). The fourth-order valence-corrected chi connectivity index (χ4v) is 2.47. The van der Waals surface area contributed by atoms with Gasteiger partial charge in [0, 0.05) is 38.6 Å². The van der Waals surface area contributed by atoms with Gasteiger partial charge in [-0.3, -0.25) is 4.79 Å². The van der Waals surface area contributed by atoms with Crippen LogP contribution in [0.5, 0.6) is 5.75 Å². The second kappa shape index (κ2) is 7.42. The fraction of sp³-hybridized carbons (Fsp3) is 0.294. The van der Waals surface area contributed by atoms with Crippen LogP contribution in [-0.4, -0.2) is 53.6 Å². The van der Waals surface area contributed by atoms with Crippen molar-refractivity contribution < 1.29 is 9.53 Å². The van der Waals surface area contributed by atoms with E-state index in [2.05, 4.69) is 14.9 Å². The number of hydrogen-bond acceptors (Lipinski definition) is 6. The molecule has 0 atom stereocenters. The quantitative estimate of drug-likeness (QED) is 0.837. The highest BCUT2D eigenvalue weighted by molar-refractivity contribution is 5.78. The number of amides is 1. The van der Waals surface area contributed by atoms with Gasteiger partial charge >= 0.3 is 0 Å². The third-order valence-corrected chi connectivity index (χ3v) is 3.81. The van der Waals surface area contributed by atoms with E-state index in [1.807, 2.05) is 6.07 Å². The van der Waals surface area contributed by atoms with Crippen LogP contribution < -0.4 is 9.64 Å². The number of hydrogen-bond donors (Lipinski definition) is 0. The Bertz CT molecular complexity index is 719. The molecule has 0 aliphatic carbocycles. The zero-order valence-electron chi connectivity index (χ0n) is 13.1. The number of carbonyl (C=O) groups excluding carboxylic acids is 1. The molecule has 1 aliphatic rings. The van der Waals surface area contributed by atoms with Gasteiger partial charge < -0.3 is 14.5 Å². The molecule has 1 aromatic carbocycles. The van der Waals surface area contributed by atoms with Gasteiger partial charge in [0.2, 0.25) is 5.95 Å². The van der Waals surface area contributed by atoms with Crippen LogP contribution in [0, 0.1) is 11.3 Å². The van der Waals surface area contributed by atoms with E-state index in [0.717, 1.165) is 0 Å². The summed E-state index contributed by atoms with van der Waals surface area (Å²) in [5.41, 5.74) is 0.563. The topological polar surface area (TPSA) is 82.4 Å². The van der Waals surface area contributed by atoms with E-state index in [0.29, 0.717) is 43.4 Å². The van der Waals surface area contributed by atoms with Gasteiger partial charge in [0.05, 0.1) is 11.6 Å². The van der Waals surface area contributed by atoms with Crippen molar-refractivity contribution in [1.29, 1.82) is 5.26 Å². The molecule has 1 aromatic heterocycles. The summed E-state index contributed by atoms with van der Waals surface area (Å²) in [5, 5.41) is 8.76. The number of ether oxygens (including phenoxy) is 1. The SMILES string of the molecule is N#Cc1ccc(OCC(=O)N2CCN(c3ncccn3)CC2)cc1. The lowest BCUT2D eigenvalue weighted by molar-refractivity contribution is -0.133. The summed E-state index contributed by atoms with van der Waals surface area (Å²) < 4.78 is 5.49.